The van der Waals surface area contributed by atoms with Gasteiger partial charge >= 0.3 is 6.18 Å². The second-order valence-electron chi connectivity index (χ2n) is 4.63. The number of halogens is 4. The molecule has 0 radical (unpaired) electrons. The predicted molar refractivity (Wildman–Crippen MR) is 65.8 cm³/mol. The topological polar surface area (TPSA) is 32.3 Å². The van der Waals surface area contributed by atoms with Gasteiger partial charge in [0.2, 0.25) is 0 Å². The molecule has 1 aromatic carbocycles. The van der Waals surface area contributed by atoms with Crippen LogP contribution in [0.15, 0.2) is 16.6 Å². The zero-order valence-electron chi connectivity index (χ0n) is 9.72. The number of alkyl halides is 3. The van der Waals surface area contributed by atoms with Crippen molar-refractivity contribution >= 4 is 21.8 Å². The van der Waals surface area contributed by atoms with Crippen LogP contribution in [0.4, 0.5) is 13.2 Å². The van der Waals surface area contributed by atoms with Crippen molar-refractivity contribution in [3.05, 3.63) is 33.3 Å². The van der Waals surface area contributed by atoms with Gasteiger partial charge in [0.1, 0.15) is 0 Å². The predicted octanol–water partition coefficient (Wildman–Crippen LogP) is 2.57. The maximum Gasteiger partial charge on any atom is 0.417 e. The first-order valence-corrected chi connectivity index (χ1v) is 6.61. The summed E-state index contributed by atoms with van der Waals surface area (Å²) in [5.41, 5.74) is -0.584. The minimum absolute atomic E-state index is 0.190. The van der Waals surface area contributed by atoms with E-state index in [1.807, 2.05) is 0 Å². The Morgan fingerprint density at radius 2 is 2.11 bits per heavy atom. The standard InChI is InChI=1S/C12H10BrF3N2O/c13-6-3-7-9-5-17-1-2-18(9)11(19)10(7)8(4-6)12(14,15)16/h3-4,9,17H,1-2,5H2/t9-/m0/s1. The van der Waals surface area contributed by atoms with E-state index in [9.17, 15) is 18.0 Å². The molecular formula is C12H10BrF3N2O. The second kappa shape index (κ2) is 4.21. The number of nitrogens with zero attached hydrogens (tertiary/aromatic N) is 1. The summed E-state index contributed by atoms with van der Waals surface area (Å²) < 4.78 is 39.5. The highest BCUT2D eigenvalue weighted by Crippen LogP contribution is 2.43. The maximum absolute atomic E-state index is 13.1. The van der Waals surface area contributed by atoms with Crippen LogP contribution in [0, 0.1) is 0 Å². The zero-order valence-corrected chi connectivity index (χ0v) is 11.3. The lowest BCUT2D eigenvalue weighted by Crippen LogP contribution is -2.44. The average Bonchev–Trinajstić information content (AvgIpc) is 2.62. The zero-order chi connectivity index (χ0) is 13.8. The number of hydrogen-bond donors (Lipinski definition) is 1. The molecule has 1 saturated heterocycles. The van der Waals surface area contributed by atoms with Gasteiger partial charge in [0.15, 0.2) is 0 Å². The van der Waals surface area contributed by atoms with Gasteiger partial charge in [-0.2, -0.15) is 13.2 Å². The summed E-state index contributed by atoms with van der Waals surface area (Å²) in [5.74, 6) is -0.513. The van der Waals surface area contributed by atoms with Gasteiger partial charge in [0.25, 0.3) is 5.91 Å². The van der Waals surface area contributed by atoms with E-state index < -0.39 is 17.6 Å². The molecule has 0 aliphatic carbocycles. The molecule has 2 aliphatic rings. The summed E-state index contributed by atoms with van der Waals surface area (Å²) in [6.45, 7) is 1.54. The van der Waals surface area contributed by atoms with Crippen molar-refractivity contribution in [3.63, 3.8) is 0 Å². The highest BCUT2D eigenvalue weighted by atomic mass is 79.9. The summed E-state index contributed by atoms with van der Waals surface area (Å²) in [6.07, 6.45) is -4.52. The molecule has 1 atom stereocenters. The number of carbonyl (C=O) groups is 1. The van der Waals surface area contributed by atoms with E-state index in [1.54, 1.807) is 6.07 Å². The molecule has 0 aromatic heterocycles. The molecule has 2 aliphatic heterocycles. The van der Waals surface area contributed by atoms with E-state index in [0.29, 0.717) is 29.7 Å². The SMILES string of the molecule is O=C1c2c(cc(Br)cc2C(F)(F)F)[C@@H]2CNCCN12. The number of rotatable bonds is 0. The molecule has 1 amide bonds. The fourth-order valence-electron chi connectivity index (χ4n) is 2.72. The molecule has 3 nitrogen and oxygen atoms in total. The van der Waals surface area contributed by atoms with Crippen molar-refractivity contribution in [3.8, 4) is 0 Å². The van der Waals surface area contributed by atoms with Crippen LogP contribution in [0.5, 0.6) is 0 Å². The normalized spacial score (nSPS) is 22.4. The Balaban J connectivity index is 2.21. The molecule has 102 valence electrons. The number of piperazine rings is 1. The molecule has 1 fully saturated rings. The molecule has 3 rings (SSSR count). The Morgan fingerprint density at radius 3 is 2.79 bits per heavy atom. The molecule has 0 saturated carbocycles. The second-order valence-corrected chi connectivity index (χ2v) is 5.55. The largest absolute Gasteiger partial charge is 0.417 e. The lowest BCUT2D eigenvalue weighted by molar-refractivity contribution is -0.138. The smallest absolute Gasteiger partial charge is 0.329 e. The molecule has 1 aromatic rings. The third-order valence-corrected chi connectivity index (χ3v) is 3.97. The van der Waals surface area contributed by atoms with Gasteiger partial charge in [-0.05, 0) is 17.7 Å². The third kappa shape index (κ3) is 1.95. The molecule has 0 unspecified atom stereocenters. The van der Waals surface area contributed by atoms with Crippen molar-refractivity contribution in [2.24, 2.45) is 0 Å². The lowest BCUT2D eigenvalue weighted by Gasteiger charge is -2.30. The Bertz CT molecular complexity index is 559. The molecule has 0 bridgehead atoms. The fourth-order valence-corrected chi connectivity index (χ4v) is 3.20. The van der Waals surface area contributed by atoms with Crippen LogP contribution in [0.25, 0.3) is 0 Å². The molecule has 0 spiro atoms. The number of benzene rings is 1. The van der Waals surface area contributed by atoms with Crippen LogP contribution in [0.3, 0.4) is 0 Å². The first-order valence-electron chi connectivity index (χ1n) is 5.82. The minimum atomic E-state index is -4.52. The van der Waals surface area contributed by atoms with E-state index in [4.69, 9.17) is 0 Å². The van der Waals surface area contributed by atoms with E-state index in [1.165, 1.54) is 4.90 Å². The molecular weight excluding hydrogens is 325 g/mol. The fraction of sp³-hybridized carbons (Fsp3) is 0.417. The average molecular weight is 335 g/mol. The highest BCUT2D eigenvalue weighted by Gasteiger charge is 2.45. The Morgan fingerprint density at radius 1 is 1.37 bits per heavy atom. The van der Waals surface area contributed by atoms with E-state index in [0.717, 1.165) is 6.07 Å². The van der Waals surface area contributed by atoms with Crippen LogP contribution in [-0.4, -0.2) is 30.4 Å². The van der Waals surface area contributed by atoms with Gasteiger partial charge in [-0.1, -0.05) is 15.9 Å². The Hall–Kier alpha value is -1.08. The molecule has 1 N–H and O–H groups in total. The monoisotopic (exact) mass is 334 g/mol. The van der Waals surface area contributed by atoms with Crippen LogP contribution in [0.1, 0.15) is 27.5 Å². The van der Waals surface area contributed by atoms with Crippen molar-refractivity contribution < 1.29 is 18.0 Å². The van der Waals surface area contributed by atoms with Crippen molar-refractivity contribution in [2.45, 2.75) is 12.2 Å². The molecule has 19 heavy (non-hydrogen) atoms. The number of fused-ring (bicyclic) bond motifs is 3. The summed E-state index contributed by atoms with van der Waals surface area (Å²) in [7, 11) is 0. The maximum atomic E-state index is 13.1. The van der Waals surface area contributed by atoms with E-state index in [-0.39, 0.29) is 11.6 Å². The van der Waals surface area contributed by atoms with Gasteiger partial charge in [-0.25, -0.2) is 0 Å². The van der Waals surface area contributed by atoms with Gasteiger partial charge in [-0.15, -0.1) is 0 Å². The molecule has 7 heteroatoms. The van der Waals surface area contributed by atoms with E-state index >= 15 is 0 Å². The van der Waals surface area contributed by atoms with Crippen molar-refractivity contribution in [1.82, 2.24) is 10.2 Å². The highest BCUT2D eigenvalue weighted by molar-refractivity contribution is 9.10. The summed E-state index contributed by atoms with van der Waals surface area (Å²) in [4.78, 5) is 13.7. The summed E-state index contributed by atoms with van der Waals surface area (Å²) in [5, 5.41) is 3.10. The summed E-state index contributed by atoms with van der Waals surface area (Å²) in [6, 6.07) is 2.29. The first-order chi connectivity index (χ1) is 8.89. The number of hydrogen-bond acceptors (Lipinski definition) is 2. The lowest BCUT2D eigenvalue weighted by atomic mass is 9.99. The Labute approximate surface area is 115 Å². The van der Waals surface area contributed by atoms with Crippen LogP contribution >= 0.6 is 15.9 Å². The summed E-state index contributed by atoms with van der Waals surface area (Å²) >= 11 is 3.09. The quantitative estimate of drug-likeness (QED) is 0.790. The third-order valence-electron chi connectivity index (χ3n) is 3.52. The number of carbonyl (C=O) groups excluding carboxylic acids is 1. The van der Waals surface area contributed by atoms with Crippen molar-refractivity contribution in [2.75, 3.05) is 19.6 Å². The first kappa shape index (κ1) is 12.9. The minimum Gasteiger partial charge on any atom is -0.329 e. The van der Waals surface area contributed by atoms with Gasteiger partial charge < -0.3 is 10.2 Å². The number of amides is 1. The van der Waals surface area contributed by atoms with Crippen LogP contribution in [0.2, 0.25) is 0 Å². The molecule has 2 heterocycles. The van der Waals surface area contributed by atoms with Gasteiger partial charge in [-0.3, -0.25) is 4.79 Å². The number of nitrogens with one attached hydrogen (secondary N) is 1. The van der Waals surface area contributed by atoms with Gasteiger partial charge in [0.05, 0.1) is 17.2 Å². The van der Waals surface area contributed by atoms with Crippen LogP contribution in [-0.2, 0) is 6.18 Å². The van der Waals surface area contributed by atoms with Crippen molar-refractivity contribution in [1.29, 1.82) is 0 Å². The van der Waals surface area contributed by atoms with Crippen LogP contribution < -0.4 is 5.32 Å². The van der Waals surface area contributed by atoms with Gasteiger partial charge in [0, 0.05) is 24.1 Å². The van der Waals surface area contributed by atoms with E-state index in [2.05, 4.69) is 21.2 Å². The Kier molecular flexibility index (Phi) is 2.86.